The van der Waals surface area contributed by atoms with Gasteiger partial charge in [0.1, 0.15) is 0 Å². The summed E-state index contributed by atoms with van der Waals surface area (Å²) < 4.78 is 1.41. The molecular formula is C11H19NSe. The zero-order valence-corrected chi connectivity index (χ0v) is 10.4. The molecule has 0 aliphatic carbocycles. The first-order chi connectivity index (χ1) is 6.36. The Kier molecular flexibility index (Phi) is 5.41. The third kappa shape index (κ3) is 4.10. The SMILES string of the molecule is CCCCN=C1C=C(CC)CC[Se]1. The van der Waals surface area contributed by atoms with Crippen molar-refractivity contribution in [2.24, 2.45) is 4.99 Å². The fourth-order valence-corrected chi connectivity index (χ4v) is 3.40. The van der Waals surface area contributed by atoms with E-state index in [1.165, 1.54) is 35.6 Å². The molecule has 1 rings (SSSR count). The van der Waals surface area contributed by atoms with Crippen LogP contribution in [-0.2, 0) is 0 Å². The molecule has 0 saturated carbocycles. The number of hydrogen-bond donors (Lipinski definition) is 0. The van der Waals surface area contributed by atoms with E-state index in [0.717, 1.165) is 6.54 Å². The molecule has 0 N–H and O–H groups in total. The van der Waals surface area contributed by atoms with Gasteiger partial charge in [0.25, 0.3) is 0 Å². The van der Waals surface area contributed by atoms with Gasteiger partial charge in [-0.2, -0.15) is 0 Å². The number of rotatable bonds is 4. The van der Waals surface area contributed by atoms with Crippen LogP contribution >= 0.6 is 0 Å². The number of nitrogens with zero attached hydrogens (tertiary/aromatic N) is 1. The van der Waals surface area contributed by atoms with Gasteiger partial charge in [-0.05, 0) is 0 Å². The van der Waals surface area contributed by atoms with Gasteiger partial charge in [-0.3, -0.25) is 0 Å². The van der Waals surface area contributed by atoms with Crippen molar-refractivity contribution in [3.63, 3.8) is 0 Å². The van der Waals surface area contributed by atoms with Crippen molar-refractivity contribution in [3.05, 3.63) is 11.6 Å². The summed E-state index contributed by atoms with van der Waals surface area (Å²) in [6.45, 7) is 5.51. The Morgan fingerprint density at radius 3 is 3.00 bits per heavy atom. The van der Waals surface area contributed by atoms with Crippen molar-refractivity contribution in [1.82, 2.24) is 0 Å². The summed E-state index contributed by atoms with van der Waals surface area (Å²) >= 11 is 0.673. The van der Waals surface area contributed by atoms with Gasteiger partial charge < -0.3 is 0 Å². The molecule has 0 amide bonds. The molecule has 1 aliphatic rings. The van der Waals surface area contributed by atoms with E-state index in [-0.39, 0.29) is 0 Å². The molecule has 0 fully saturated rings. The monoisotopic (exact) mass is 245 g/mol. The summed E-state index contributed by atoms with van der Waals surface area (Å²) in [6.07, 6.45) is 7.38. The molecule has 13 heavy (non-hydrogen) atoms. The fourth-order valence-electron chi connectivity index (χ4n) is 1.29. The molecule has 0 aromatic rings. The molecule has 0 bridgehead atoms. The van der Waals surface area contributed by atoms with Crippen LogP contribution in [0.3, 0.4) is 0 Å². The predicted molar refractivity (Wildman–Crippen MR) is 60.8 cm³/mol. The van der Waals surface area contributed by atoms with Crippen molar-refractivity contribution in [2.45, 2.75) is 44.9 Å². The van der Waals surface area contributed by atoms with Gasteiger partial charge in [-0.1, -0.05) is 0 Å². The summed E-state index contributed by atoms with van der Waals surface area (Å²) in [5.74, 6) is 0. The molecule has 0 spiro atoms. The van der Waals surface area contributed by atoms with Crippen LogP contribution in [0.15, 0.2) is 16.6 Å². The van der Waals surface area contributed by atoms with E-state index in [2.05, 4.69) is 24.9 Å². The Morgan fingerprint density at radius 2 is 2.31 bits per heavy atom. The molecule has 0 aromatic heterocycles. The Labute approximate surface area is 87.9 Å². The average Bonchev–Trinajstić information content (AvgIpc) is 2.19. The third-order valence-corrected chi connectivity index (χ3v) is 4.23. The van der Waals surface area contributed by atoms with Crippen LogP contribution in [0.4, 0.5) is 0 Å². The Hall–Kier alpha value is -0.0705. The van der Waals surface area contributed by atoms with Crippen LogP contribution in [0.2, 0.25) is 5.32 Å². The molecule has 2 heteroatoms. The Morgan fingerprint density at radius 1 is 1.46 bits per heavy atom. The summed E-state index contributed by atoms with van der Waals surface area (Å²) in [7, 11) is 0. The first-order valence-corrected chi connectivity index (χ1v) is 7.30. The van der Waals surface area contributed by atoms with Crippen molar-refractivity contribution in [3.8, 4) is 0 Å². The Bertz CT molecular complexity index is 206. The third-order valence-electron chi connectivity index (χ3n) is 2.23. The molecule has 1 heterocycles. The van der Waals surface area contributed by atoms with Crippen molar-refractivity contribution in [2.75, 3.05) is 6.54 Å². The molecule has 0 atom stereocenters. The topological polar surface area (TPSA) is 12.4 Å². The second kappa shape index (κ2) is 6.39. The van der Waals surface area contributed by atoms with Crippen molar-refractivity contribution >= 4 is 19.6 Å². The molecule has 0 aromatic carbocycles. The second-order valence-electron chi connectivity index (χ2n) is 3.33. The first-order valence-electron chi connectivity index (χ1n) is 5.23. The van der Waals surface area contributed by atoms with Gasteiger partial charge >= 0.3 is 87.6 Å². The van der Waals surface area contributed by atoms with Crippen LogP contribution in [0, 0.1) is 0 Å². The molecule has 1 aliphatic heterocycles. The van der Waals surface area contributed by atoms with Gasteiger partial charge in [-0.15, -0.1) is 0 Å². The van der Waals surface area contributed by atoms with Crippen LogP contribution in [0.5, 0.6) is 0 Å². The van der Waals surface area contributed by atoms with E-state index in [9.17, 15) is 0 Å². The summed E-state index contributed by atoms with van der Waals surface area (Å²) in [6, 6.07) is 0. The molecule has 74 valence electrons. The maximum atomic E-state index is 4.64. The minimum atomic E-state index is 0.673. The van der Waals surface area contributed by atoms with E-state index >= 15 is 0 Å². The quantitative estimate of drug-likeness (QED) is 0.532. The standard InChI is InChI=1S/C11H19NSe/c1-3-5-7-12-11-9-10(4-2)6-8-13-11/h9H,3-8H2,1-2H3. The van der Waals surface area contributed by atoms with Gasteiger partial charge in [0.2, 0.25) is 0 Å². The number of aliphatic imine (C=N–C) groups is 1. The van der Waals surface area contributed by atoms with Gasteiger partial charge in [0.15, 0.2) is 0 Å². The summed E-state index contributed by atoms with van der Waals surface area (Å²) in [4.78, 5) is 4.64. The van der Waals surface area contributed by atoms with Crippen molar-refractivity contribution < 1.29 is 0 Å². The number of allylic oxidation sites excluding steroid dienone is 2. The molecule has 0 saturated heterocycles. The molecular weight excluding hydrogens is 225 g/mol. The van der Waals surface area contributed by atoms with Gasteiger partial charge in [-0.25, -0.2) is 0 Å². The van der Waals surface area contributed by atoms with E-state index in [1.54, 1.807) is 5.57 Å². The van der Waals surface area contributed by atoms with Crippen LogP contribution in [-0.4, -0.2) is 26.1 Å². The predicted octanol–water partition coefficient (Wildman–Crippen LogP) is 3.05. The van der Waals surface area contributed by atoms with Gasteiger partial charge in [0, 0.05) is 0 Å². The average molecular weight is 244 g/mol. The van der Waals surface area contributed by atoms with Gasteiger partial charge in [0.05, 0.1) is 0 Å². The van der Waals surface area contributed by atoms with E-state index in [1.807, 2.05) is 0 Å². The number of unbranched alkanes of at least 4 members (excludes halogenated alkanes) is 1. The van der Waals surface area contributed by atoms with Crippen LogP contribution in [0.1, 0.15) is 39.5 Å². The van der Waals surface area contributed by atoms with E-state index in [4.69, 9.17) is 0 Å². The molecule has 0 radical (unpaired) electrons. The normalized spacial score (nSPS) is 20.5. The van der Waals surface area contributed by atoms with Crippen LogP contribution < -0.4 is 0 Å². The summed E-state index contributed by atoms with van der Waals surface area (Å²) in [5, 5.41) is 1.37. The molecule has 0 unspecified atom stereocenters. The van der Waals surface area contributed by atoms with E-state index in [0.29, 0.717) is 15.0 Å². The molecule has 1 nitrogen and oxygen atoms in total. The second-order valence-corrected chi connectivity index (χ2v) is 5.67. The zero-order chi connectivity index (χ0) is 9.52. The van der Waals surface area contributed by atoms with Crippen LogP contribution in [0.25, 0.3) is 0 Å². The zero-order valence-electron chi connectivity index (χ0n) is 8.68. The minimum absolute atomic E-state index is 0.673. The first kappa shape index (κ1) is 11.0. The fraction of sp³-hybridized carbons (Fsp3) is 0.727. The van der Waals surface area contributed by atoms with Crippen molar-refractivity contribution in [1.29, 1.82) is 0 Å². The van der Waals surface area contributed by atoms with E-state index < -0.39 is 0 Å². The number of hydrogen-bond acceptors (Lipinski definition) is 1. The Balaban J connectivity index is 2.44. The summed E-state index contributed by atoms with van der Waals surface area (Å²) in [5.41, 5.74) is 1.60. The maximum absolute atomic E-state index is 4.64.